The average Bonchev–Trinajstić information content (AvgIpc) is 2.67. The van der Waals surface area contributed by atoms with Crippen molar-refractivity contribution < 1.29 is 9.59 Å². The van der Waals surface area contributed by atoms with E-state index >= 15 is 0 Å². The van der Waals surface area contributed by atoms with Crippen LogP contribution in [0.4, 0.5) is 0 Å². The van der Waals surface area contributed by atoms with Gasteiger partial charge in [0.1, 0.15) is 5.70 Å². The van der Waals surface area contributed by atoms with Gasteiger partial charge in [-0.15, -0.1) is 0 Å². The molecule has 0 bridgehead atoms. The van der Waals surface area contributed by atoms with Gasteiger partial charge in [-0.3, -0.25) is 9.59 Å². The van der Waals surface area contributed by atoms with E-state index < -0.39 is 0 Å². The number of nitrogens with one attached hydrogen (secondary N) is 3. The van der Waals surface area contributed by atoms with Gasteiger partial charge in [-0.1, -0.05) is 48.0 Å². The fourth-order valence-electron chi connectivity index (χ4n) is 4.46. The zero-order valence-corrected chi connectivity index (χ0v) is 19.1. The van der Waals surface area contributed by atoms with Crippen LogP contribution >= 0.6 is 0 Å². The lowest BCUT2D eigenvalue weighted by molar-refractivity contribution is -0.118. The zero-order valence-electron chi connectivity index (χ0n) is 19.1. The van der Waals surface area contributed by atoms with E-state index in [9.17, 15) is 9.59 Å². The topological polar surface area (TPSA) is 70.2 Å². The first-order chi connectivity index (χ1) is 14.5. The van der Waals surface area contributed by atoms with E-state index in [0.29, 0.717) is 5.56 Å². The largest absolute Gasteiger partial charge is 0.348 e. The number of aryl methyl sites for hydroxylation is 1. The minimum atomic E-state index is -0.305. The molecule has 2 amide bonds. The van der Waals surface area contributed by atoms with Crippen LogP contribution in [0.2, 0.25) is 0 Å². The monoisotopic (exact) mass is 419 g/mol. The van der Waals surface area contributed by atoms with Gasteiger partial charge in [-0.05, 0) is 71.2 Å². The first kappa shape index (κ1) is 22.8. The number of hydrogen-bond acceptors (Lipinski definition) is 3. The summed E-state index contributed by atoms with van der Waals surface area (Å²) in [7, 11) is 0. The van der Waals surface area contributed by atoms with Crippen LogP contribution in [0.3, 0.4) is 0 Å². The molecule has 3 N–H and O–H groups in total. The van der Waals surface area contributed by atoms with E-state index in [1.54, 1.807) is 30.3 Å². The minimum absolute atomic E-state index is 0.00814. The molecule has 2 aromatic carbocycles. The maximum atomic E-state index is 13.3. The predicted octanol–water partition coefficient (Wildman–Crippen LogP) is 4.19. The van der Waals surface area contributed by atoms with E-state index in [2.05, 4.69) is 43.6 Å². The summed E-state index contributed by atoms with van der Waals surface area (Å²) in [6.07, 6.45) is 3.35. The Kier molecular flexibility index (Phi) is 6.65. The number of amides is 2. The Bertz CT molecular complexity index is 944. The van der Waals surface area contributed by atoms with Crippen molar-refractivity contribution in [3.8, 4) is 0 Å². The molecule has 0 aliphatic carbocycles. The van der Waals surface area contributed by atoms with Gasteiger partial charge >= 0.3 is 0 Å². The summed E-state index contributed by atoms with van der Waals surface area (Å²) in [5.41, 5.74) is 2.56. The number of carbonyl (C=O) groups is 2. The Hall–Kier alpha value is -2.92. The summed E-state index contributed by atoms with van der Waals surface area (Å²) in [5, 5.41) is 9.61. The molecule has 5 heteroatoms. The summed E-state index contributed by atoms with van der Waals surface area (Å²) in [5.74, 6) is -0.580. The van der Waals surface area contributed by atoms with Gasteiger partial charge < -0.3 is 16.0 Å². The second-order valence-electron chi connectivity index (χ2n) is 9.76. The molecule has 5 nitrogen and oxygen atoms in total. The number of piperidine rings is 1. The maximum absolute atomic E-state index is 13.3. The van der Waals surface area contributed by atoms with Crippen molar-refractivity contribution in [3.63, 3.8) is 0 Å². The quantitative estimate of drug-likeness (QED) is 0.637. The fraction of sp³-hybridized carbons (Fsp3) is 0.385. The van der Waals surface area contributed by atoms with Crippen LogP contribution in [0, 0.1) is 6.92 Å². The van der Waals surface area contributed by atoms with E-state index in [1.807, 2.05) is 37.3 Å². The molecule has 0 atom stereocenters. The van der Waals surface area contributed by atoms with E-state index in [0.717, 1.165) is 24.0 Å². The Labute approximate surface area is 185 Å². The number of carbonyl (C=O) groups excluding carboxylic acids is 2. The molecule has 3 rings (SSSR count). The van der Waals surface area contributed by atoms with Crippen LogP contribution in [-0.4, -0.2) is 28.9 Å². The third-order valence-corrected chi connectivity index (χ3v) is 5.44. The third kappa shape index (κ3) is 6.53. The molecule has 0 saturated carbocycles. The molecule has 0 unspecified atom stereocenters. The number of hydrogen-bond donors (Lipinski definition) is 3. The molecule has 31 heavy (non-hydrogen) atoms. The molecule has 2 aromatic rings. The summed E-state index contributed by atoms with van der Waals surface area (Å²) in [6.45, 7) is 10.6. The fourth-order valence-corrected chi connectivity index (χ4v) is 4.46. The van der Waals surface area contributed by atoms with Crippen molar-refractivity contribution in [2.75, 3.05) is 0 Å². The van der Waals surface area contributed by atoms with Gasteiger partial charge in [0, 0.05) is 22.7 Å². The van der Waals surface area contributed by atoms with Gasteiger partial charge in [0.25, 0.3) is 11.8 Å². The van der Waals surface area contributed by atoms with Gasteiger partial charge in [0.05, 0.1) is 0 Å². The van der Waals surface area contributed by atoms with Gasteiger partial charge in [0.2, 0.25) is 0 Å². The smallest absolute Gasteiger partial charge is 0.268 e. The van der Waals surface area contributed by atoms with Crippen molar-refractivity contribution in [2.24, 2.45) is 0 Å². The molecule has 1 aliphatic heterocycles. The van der Waals surface area contributed by atoms with Crippen molar-refractivity contribution >= 4 is 17.9 Å². The second kappa shape index (κ2) is 9.06. The Morgan fingerprint density at radius 2 is 1.52 bits per heavy atom. The van der Waals surface area contributed by atoms with Crippen LogP contribution in [-0.2, 0) is 4.79 Å². The molecule has 0 spiro atoms. The van der Waals surface area contributed by atoms with Crippen LogP contribution in [0.15, 0.2) is 60.3 Å². The standard InChI is InChI=1S/C26H33N3O2/c1-18-11-13-19(14-12-18)15-22(28-23(30)20-9-7-6-8-10-20)24(31)27-21-16-25(2,3)29-26(4,5)17-21/h6-15,21,29H,16-17H2,1-5H3,(H,27,31)(H,28,30)/b22-15-. The van der Waals surface area contributed by atoms with Crippen molar-refractivity contribution in [1.82, 2.24) is 16.0 Å². The van der Waals surface area contributed by atoms with E-state index in [-0.39, 0.29) is 34.6 Å². The zero-order chi connectivity index (χ0) is 22.6. The lowest BCUT2D eigenvalue weighted by Gasteiger charge is -2.46. The molecular formula is C26H33N3O2. The lowest BCUT2D eigenvalue weighted by Crippen LogP contribution is -2.62. The Morgan fingerprint density at radius 3 is 2.10 bits per heavy atom. The molecule has 1 heterocycles. The normalized spacial score (nSPS) is 18.3. The predicted molar refractivity (Wildman–Crippen MR) is 126 cm³/mol. The summed E-state index contributed by atoms with van der Waals surface area (Å²) < 4.78 is 0. The van der Waals surface area contributed by atoms with Crippen molar-refractivity contribution in [2.45, 2.75) is 64.6 Å². The van der Waals surface area contributed by atoms with Crippen LogP contribution in [0.25, 0.3) is 6.08 Å². The summed E-state index contributed by atoms with van der Waals surface area (Å²) >= 11 is 0. The highest BCUT2D eigenvalue weighted by molar-refractivity contribution is 6.05. The highest BCUT2D eigenvalue weighted by atomic mass is 16.2. The second-order valence-corrected chi connectivity index (χ2v) is 9.76. The summed E-state index contributed by atoms with van der Waals surface area (Å²) in [4.78, 5) is 26.0. The van der Waals surface area contributed by atoms with Gasteiger partial charge in [0.15, 0.2) is 0 Å². The molecular weight excluding hydrogens is 386 g/mol. The molecule has 1 aliphatic rings. The molecule has 0 aromatic heterocycles. The Balaban J connectivity index is 1.83. The Morgan fingerprint density at radius 1 is 0.935 bits per heavy atom. The van der Waals surface area contributed by atoms with Crippen LogP contribution in [0.1, 0.15) is 62.0 Å². The minimum Gasteiger partial charge on any atom is -0.348 e. The summed E-state index contributed by atoms with van der Waals surface area (Å²) in [6, 6.07) is 16.8. The van der Waals surface area contributed by atoms with E-state index in [4.69, 9.17) is 0 Å². The molecule has 1 fully saturated rings. The third-order valence-electron chi connectivity index (χ3n) is 5.44. The first-order valence-electron chi connectivity index (χ1n) is 10.8. The number of rotatable bonds is 5. The average molecular weight is 420 g/mol. The molecule has 164 valence electrons. The van der Waals surface area contributed by atoms with E-state index in [1.165, 1.54) is 0 Å². The van der Waals surface area contributed by atoms with Gasteiger partial charge in [-0.25, -0.2) is 0 Å². The SMILES string of the molecule is Cc1ccc(/C=C(\NC(=O)c2ccccc2)C(=O)NC2CC(C)(C)NC(C)(C)C2)cc1. The van der Waals surface area contributed by atoms with Crippen LogP contribution in [0.5, 0.6) is 0 Å². The highest BCUT2D eigenvalue weighted by Crippen LogP contribution is 2.28. The number of benzene rings is 2. The first-order valence-corrected chi connectivity index (χ1v) is 10.8. The highest BCUT2D eigenvalue weighted by Gasteiger charge is 2.38. The maximum Gasteiger partial charge on any atom is 0.268 e. The lowest BCUT2D eigenvalue weighted by atomic mass is 9.79. The van der Waals surface area contributed by atoms with Crippen molar-refractivity contribution in [3.05, 3.63) is 77.0 Å². The molecule has 0 radical (unpaired) electrons. The van der Waals surface area contributed by atoms with Gasteiger partial charge in [-0.2, -0.15) is 0 Å². The van der Waals surface area contributed by atoms with Crippen LogP contribution < -0.4 is 16.0 Å². The van der Waals surface area contributed by atoms with Crippen molar-refractivity contribution in [1.29, 1.82) is 0 Å². The molecule has 1 saturated heterocycles.